The minimum absolute atomic E-state index is 0.275. The fraction of sp³-hybridized carbons (Fsp3) is 0.0588. The Hall–Kier alpha value is -1.41. The lowest BCUT2D eigenvalue weighted by Gasteiger charge is -2.08. The third kappa shape index (κ3) is 4.41. The second-order valence-electron chi connectivity index (χ2n) is 4.96. The lowest BCUT2D eigenvalue weighted by atomic mass is 10.2. The van der Waals surface area contributed by atoms with Crippen LogP contribution < -0.4 is 10.1 Å². The van der Waals surface area contributed by atoms with Gasteiger partial charge in [-0.25, -0.2) is 4.98 Å². The standard InChI is InChI=1S/C17H11Br2ClN2O2S/c1-24-16-9(6-10(18)7-12(16)19)2-5-15(23)22-17-21-13-4-3-11(20)8-14(13)25-17/h2-8H,1H3,(H,21,22,23)/b5-2+. The van der Waals surface area contributed by atoms with Crippen molar-refractivity contribution >= 4 is 82.1 Å². The molecule has 1 aromatic heterocycles. The summed E-state index contributed by atoms with van der Waals surface area (Å²) in [4.78, 5) is 16.5. The summed E-state index contributed by atoms with van der Waals surface area (Å²) < 4.78 is 7.96. The van der Waals surface area contributed by atoms with Crippen LogP contribution >= 0.6 is 54.8 Å². The van der Waals surface area contributed by atoms with Gasteiger partial charge in [0.1, 0.15) is 5.75 Å². The highest BCUT2D eigenvalue weighted by molar-refractivity contribution is 9.11. The minimum atomic E-state index is -0.275. The van der Waals surface area contributed by atoms with E-state index in [0.717, 1.165) is 24.7 Å². The van der Waals surface area contributed by atoms with E-state index in [-0.39, 0.29) is 5.91 Å². The molecule has 0 aliphatic carbocycles. The van der Waals surface area contributed by atoms with Crippen LogP contribution in [0, 0.1) is 0 Å². The number of carbonyl (C=O) groups excluding carboxylic acids is 1. The van der Waals surface area contributed by atoms with Crippen molar-refractivity contribution in [2.75, 3.05) is 12.4 Å². The summed E-state index contributed by atoms with van der Waals surface area (Å²) in [5, 5.41) is 3.92. The van der Waals surface area contributed by atoms with Crippen molar-refractivity contribution < 1.29 is 9.53 Å². The van der Waals surface area contributed by atoms with Crippen LogP contribution in [0.15, 0.2) is 45.4 Å². The van der Waals surface area contributed by atoms with E-state index >= 15 is 0 Å². The molecule has 0 aliphatic rings. The topological polar surface area (TPSA) is 51.2 Å². The quantitative estimate of drug-likeness (QED) is 0.437. The molecule has 2 aromatic carbocycles. The number of fused-ring (bicyclic) bond motifs is 1. The number of benzene rings is 2. The smallest absolute Gasteiger partial charge is 0.250 e. The Kier molecular flexibility index (Phi) is 5.78. The molecule has 3 aromatic rings. The summed E-state index contributed by atoms with van der Waals surface area (Å²) >= 11 is 14.2. The van der Waals surface area contributed by atoms with E-state index in [1.165, 1.54) is 17.4 Å². The molecule has 25 heavy (non-hydrogen) atoms. The van der Waals surface area contributed by atoms with Gasteiger partial charge < -0.3 is 4.74 Å². The number of aromatic nitrogens is 1. The number of thiazole rings is 1. The molecule has 0 atom stereocenters. The zero-order valence-electron chi connectivity index (χ0n) is 12.8. The molecule has 0 unspecified atom stereocenters. The number of nitrogens with one attached hydrogen (secondary N) is 1. The van der Waals surface area contributed by atoms with Crippen molar-refractivity contribution in [3.63, 3.8) is 0 Å². The van der Waals surface area contributed by atoms with Gasteiger partial charge in [0.25, 0.3) is 0 Å². The molecule has 0 spiro atoms. The van der Waals surface area contributed by atoms with Crippen LogP contribution in [-0.4, -0.2) is 18.0 Å². The van der Waals surface area contributed by atoms with Crippen LogP contribution in [0.25, 0.3) is 16.3 Å². The highest BCUT2D eigenvalue weighted by Crippen LogP contribution is 2.33. The third-order valence-corrected chi connectivity index (χ3v) is 5.45. The Morgan fingerprint density at radius 3 is 2.88 bits per heavy atom. The summed E-state index contributed by atoms with van der Waals surface area (Å²) in [7, 11) is 1.58. The number of carbonyl (C=O) groups is 1. The van der Waals surface area contributed by atoms with Gasteiger partial charge in [-0.05, 0) is 52.3 Å². The van der Waals surface area contributed by atoms with E-state index in [0.29, 0.717) is 15.9 Å². The fourth-order valence-corrected chi connectivity index (χ4v) is 4.75. The lowest BCUT2D eigenvalue weighted by Crippen LogP contribution is -2.07. The monoisotopic (exact) mass is 500 g/mol. The highest BCUT2D eigenvalue weighted by atomic mass is 79.9. The van der Waals surface area contributed by atoms with Gasteiger partial charge in [-0.15, -0.1) is 0 Å². The Morgan fingerprint density at radius 2 is 2.12 bits per heavy atom. The minimum Gasteiger partial charge on any atom is -0.495 e. The van der Waals surface area contributed by atoms with Gasteiger partial charge in [-0.1, -0.05) is 38.9 Å². The number of hydrogen-bond acceptors (Lipinski definition) is 4. The van der Waals surface area contributed by atoms with Crippen LogP contribution in [0.5, 0.6) is 5.75 Å². The molecule has 1 N–H and O–H groups in total. The van der Waals surface area contributed by atoms with Crippen molar-refractivity contribution in [3.05, 3.63) is 55.9 Å². The second kappa shape index (κ2) is 7.86. The number of ether oxygens (including phenoxy) is 1. The predicted octanol–water partition coefficient (Wildman–Crippen LogP) is 6.14. The zero-order valence-corrected chi connectivity index (χ0v) is 17.6. The molecule has 0 saturated heterocycles. The summed E-state index contributed by atoms with van der Waals surface area (Å²) in [6.07, 6.45) is 3.13. The van der Waals surface area contributed by atoms with Gasteiger partial charge in [0.05, 0.1) is 21.8 Å². The van der Waals surface area contributed by atoms with E-state index < -0.39 is 0 Å². The Bertz CT molecular complexity index is 988. The number of methoxy groups -OCH3 is 1. The Labute approximate surface area is 170 Å². The number of amides is 1. The van der Waals surface area contributed by atoms with Gasteiger partial charge in [-0.3, -0.25) is 10.1 Å². The largest absolute Gasteiger partial charge is 0.495 e. The molecular weight excluding hydrogens is 492 g/mol. The maximum absolute atomic E-state index is 12.2. The average Bonchev–Trinajstić information content (AvgIpc) is 2.93. The highest BCUT2D eigenvalue weighted by Gasteiger charge is 2.09. The van der Waals surface area contributed by atoms with Gasteiger partial charge >= 0.3 is 0 Å². The molecule has 4 nitrogen and oxygen atoms in total. The van der Waals surface area contributed by atoms with Gasteiger partial charge in [0, 0.05) is 21.1 Å². The molecule has 1 amide bonds. The molecule has 1 heterocycles. The normalized spacial score (nSPS) is 11.2. The molecule has 0 fully saturated rings. The molecule has 0 radical (unpaired) electrons. The van der Waals surface area contributed by atoms with Gasteiger partial charge in [0.2, 0.25) is 5.91 Å². The number of nitrogens with zero attached hydrogens (tertiary/aromatic N) is 1. The molecule has 8 heteroatoms. The van der Waals surface area contributed by atoms with Crippen molar-refractivity contribution in [1.82, 2.24) is 4.98 Å². The molecular formula is C17H11Br2ClN2O2S. The fourth-order valence-electron chi connectivity index (χ4n) is 2.18. The van der Waals surface area contributed by atoms with Crippen molar-refractivity contribution in [3.8, 4) is 5.75 Å². The van der Waals surface area contributed by atoms with Crippen molar-refractivity contribution in [2.45, 2.75) is 0 Å². The van der Waals surface area contributed by atoms with E-state index in [1.54, 1.807) is 19.3 Å². The van der Waals surface area contributed by atoms with Crippen LogP contribution in [-0.2, 0) is 4.79 Å². The SMILES string of the molecule is COc1c(Br)cc(Br)cc1/C=C/C(=O)Nc1nc2ccc(Cl)cc2s1. The average molecular weight is 503 g/mol. The summed E-state index contributed by atoms with van der Waals surface area (Å²) in [5.74, 6) is 0.380. The Balaban J connectivity index is 1.78. The van der Waals surface area contributed by atoms with E-state index in [4.69, 9.17) is 16.3 Å². The van der Waals surface area contributed by atoms with Crippen LogP contribution in [0.1, 0.15) is 5.56 Å². The summed E-state index contributed by atoms with van der Waals surface area (Å²) in [5.41, 5.74) is 1.57. The molecule has 3 rings (SSSR count). The molecule has 0 bridgehead atoms. The first-order valence-electron chi connectivity index (χ1n) is 7.04. The number of anilines is 1. The first kappa shape index (κ1) is 18.4. The number of hydrogen-bond donors (Lipinski definition) is 1. The maximum atomic E-state index is 12.2. The number of rotatable bonds is 4. The maximum Gasteiger partial charge on any atom is 0.250 e. The predicted molar refractivity (Wildman–Crippen MR) is 111 cm³/mol. The van der Waals surface area contributed by atoms with Gasteiger partial charge in [0.15, 0.2) is 5.13 Å². The van der Waals surface area contributed by atoms with E-state index in [9.17, 15) is 4.79 Å². The molecule has 0 saturated carbocycles. The summed E-state index contributed by atoms with van der Waals surface area (Å²) in [6, 6.07) is 9.16. The van der Waals surface area contributed by atoms with E-state index in [2.05, 4.69) is 42.2 Å². The second-order valence-corrected chi connectivity index (χ2v) is 8.20. The van der Waals surface area contributed by atoms with E-state index in [1.807, 2.05) is 24.3 Å². The van der Waals surface area contributed by atoms with Crippen LogP contribution in [0.4, 0.5) is 5.13 Å². The summed E-state index contributed by atoms with van der Waals surface area (Å²) in [6.45, 7) is 0. The third-order valence-electron chi connectivity index (χ3n) is 3.24. The van der Waals surface area contributed by atoms with Gasteiger partial charge in [-0.2, -0.15) is 0 Å². The van der Waals surface area contributed by atoms with Crippen LogP contribution in [0.2, 0.25) is 5.02 Å². The Morgan fingerprint density at radius 1 is 1.32 bits per heavy atom. The molecule has 0 aliphatic heterocycles. The first-order valence-corrected chi connectivity index (χ1v) is 9.82. The van der Waals surface area contributed by atoms with Crippen molar-refractivity contribution in [1.29, 1.82) is 0 Å². The van der Waals surface area contributed by atoms with Crippen LogP contribution in [0.3, 0.4) is 0 Å². The first-order chi connectivity index (χ1) is 12.0. The number of halogens is 3. The lowest BCUT2D eigenvalue weighted by molar-refractivity contribution is -0.111. The van der Waals surface area contributed by atoms with Crippen molar-refractivity contribution in [2.24, 2.45) is 0 Å². The molecule has 128 valence electrons. The zero-order chi connectivity index (χ0) is 18.0.